The minimum Gasteiger partial charge on any atom is -0.332 e. The van der Waals surface area contributed by atoms with Gasteiger partial charge < -0.3 is 10.2 Å². The second-order valence-electron chi connectivity index (χ2n) is 5.72. The molecule has 1 N–H and O–H groups in total. The van der Waals surface area contributed by atoms with Crippen LogP contribution in [0.3, 0.4) is 0 Å². The van der Waals surface area contributed by atoms with E-state index in [1.807, 2.05) is 0 Å². The van der Waals surface area contributed by atoms with Crippen LogP contribution in [-0.4, -0.2) is 49.9 Å². The van der Waals surface area contributed by atoms with Crippen LogP contribution in [-0.2, 0) is 14.6 Å². The van der Waals surface area contributed by atoms with Crippen LogP contribution in [0.15, 0.2) is 24.3 Å². The Balaban J connectivity index is 2.21. The molecule has 1 fully saturated rings. The number of nitrogens with zero attached hydrogens (tertiary/aromatic N) is 1. The standard InChI is InChI=1S/C15H21FN2O3S/c1-11(2)22(20,21)10-15(19)18-7-6-17-9-14(18)12-4-3-5-13(16)8-12/h3-5,8,11,14,17H,6-7,9-10H2,1-2H3. The molecular formula is C15H21FN2O3S. The molecule has 22 heavy (non-hydrogen) atoms. The van der Waals surface area contributed by atoms with E-state index in [9.17, 15) is 17.6 Å². The van der Waals surface area contributed by atoms with Crippen LogP contribution in [0.2, 0.25) is 0 Å². The highest BCUT2D eigenvalue weighted by Crippen LogP contribution is 2.23. The number of carbonyl (C=O) groups is 1. The van der Waals surface area contributed by atoms with Gasteiger partial charge in [-0.3, -0.25) is 4.79 Å². The normalized spacial score (nSPS) is 19.5. The molecule has 7 heteroatoms. The zero-order chi connectivity index (χ0) is 16.3. The molecule has 1 aliphatic heterocycles. The largest absolute Gasteiger partial charge is 0.332 e. The van der Waals surface area contributed by atoms with Gasteiger partial charge in [0, 0.05) is 19.6 Å². The fourth-order valence-corrected chi connectivity index (χ4v) is 3.28. The lowest BCUT2D eigenvalue weighted by Gasteiger charge is -2.36. The molecule has 1 heterocycles. The molecule has 1 amide bonds. The molecule has 1 aromatic rings. The van der Waals surface area contributed by atoms with Crippen molar-refractivity contribution in [3.05, 3.63) is 35.6 Å². The Bertz CT molecular complexity index is 646. The average molecular weight is 328 g/mol. The van der Waals surface area contributed by atoms with E-state index in [1.54, 1.807) is 26.0 Å². The van der Waals surface area contributed by atoms with Crippen molar-refractivity contribution in [2.24, 2.45) is 0 Å². The molecule has 2 rings (SSSR count). The molecule has 1 saturated heterocycles. The first-order valence-corrected chi connectivity index (χ1v) is 9.00. The first-order valence-electron chi connectivity index (χ1n) is 7.28. The van der Waals surface area contributed by atoms with Gasteiger partial charge in [0.05, 0.1) is 11.3 Å². The zero-order valence-electron chi connectivity index (χ0n) is 12.8. The Hall–Kier alpha value is -1.47. The molecule has 0 spiro atoms. The molecule has 0 aromatic heterocycles. The van der Waals surface area contributed by atoms with Gasteiger partial charge in [0.2, 0.25) is 5.91 Å². The van der Waals surface area contributed by atoms with Crippen molar-refractivity contribution in [2.45, 2.75) is 25.1 Å². The fourth-order valence-electron chi connectivity index (χ4n) is 2.44. The monoisotopic (exact) mass is 328 g/mol. The Morgan fingerprint density at radius 1 is 1.45 bits per heavy atom. The predicted molar refractivity (Wildman–Crippen MR) is 82.6 cm³/mol. The van der Waals surface area contributed by atoms with Gasteiger partial charge in [-0.05, 0) is 31.5 Å². The van der Waals surface area contributed by atoms with Gasteiger partial charge in [0.1, 0.15) is 11.6 Å². The van der Waals surface area contributed by atoms with E-state index in [0.29, 0.717) is 25.2 Å². The van der Waals surface area contributed by atoms with Crippen LogP contribution in [0.1, 0.15) is 25.5 Å². The van der Waals surface area contributed by atoms with E-state index in [-0.39, 0.29) is 11.9 Å². The Kier molecular flexibility index (Phi) is 5.18. The second kappa shape index (κ2) is 6.75. The SMILES string of the molecule is CC(C)S(=O)(=O)CC(=O)N1CCNCC1c1cccc(F)c1. The minimum atomic E-state index is -3.45. The number of hydrogen-bond donors (Lipinski definition) is 1. The molecule has 1 aromatic carbocycles. The lowest BCUT2D eigenvalue weighted by Crippen LogP contribution is -2.50. The molecular weight excluding hydrogens is 307 g/mol. The fraction of sp³-hybridized carbons (Fsp3) is 0.533. The number of piperazine rings is 1. The Morgan fingerprint density at radius 3 is 2.82 bits per heavy atom. The van der Waals surface area contributed by atoms with Crippen LogP contribution in [0.25, 0.3) is 0 Å². The summed E-state index contributed by atoms with van der Waals surface area (Å²) in [6, 6.07) is 5.72. The molecule has 1 atom stereocenters. The van der Waals surface area contributed by atoms with Gasteiger partial charge in [0.25, 0.3) is 0 Å². The number of rotatable bonds is 4. The summed E-state index contributed by atoms with van der Waals surface area (Å²) in [7, 11) is -3.45. The average Bonchev–Trinajstić information content (AvgIpc) is 2.46. The highest BCUT2D eigenvalue weighted by atomic mass is 32.2. The number of nitrogens with one attached hydrogen (secondary N) is 1. The van der Waals surface area contributed by atoms with Crippen molar-refractivity contribution in [2.75, 3.05) is 25.4 Å². The molecule has 0 bridgehead atoms. The second-order valence-corrected chi connectivity index (χ2v) is 8.28. The van der Waals surface area contributed by atoms with Crippen molar-refractivity contribution in [3.8, 4) is 0 Å². The number of hydrogen-bond acceptors (Lipinski definition) is 4. The minimum absolute atomic E-state index is 0.348. The number of sulfone groups is 1. The highest BCUT2D eigenvalue weighted by molar-refractivity contribution is 7.92. The van der Waals surface area contributed by atoms with E-state index in [1.165, 1.54) is 17.0 Å². The van der Waals surface area contributed by atoms with E-state index in [2.05, 4.69) is 5.32 Å². The molecule has 1 aliphatic rings. The topological polar surface area (TPSA) is 66.5 Å². The number of benzene rings is 1. The van der Waals surface area contributed by atoms with Crippen molar-refractivity contribution < 1.29 is 17.6 Å². The van der Waals surface area contributed by atoms with Crippen molar-refractivity contribution in [1.82, 2.24) is 10.2 Å². The van der Waals surface area contributed by atoms with Gasteiger partial charge in [-0.2, -0.15) is 0 Å². The first-order chi connectivity index (χ1) is 10.3. The number of halogens is 1. The lowest BCUT2D eigenvalue weighted by atomic mass is 10.0. The predicted octanol–water partition coefficient (Wildman–Crippen LogP) is 1.12. The van der Waals surface area contributed by atoms with Gasteiger partial charge >= 0.3 is 0 Å². The van der Waals surface area contributed by atoms with Crippen LogP contribution < -0.4 is 5.32 Å². The number of carbonyl (C=O) groups excluding carboxylic acids is 1. The van der Waals surface area contributed by atoms with Gasteiger partial charge in [0.15, 0.2) is 9.84 Å². The smallest absolute Gasteiger partial charge is 0.238 e. The summed E-state index contributed by atoms with van der Waals surface area (Å²) >= 11 is 0. The Morgan fingerprint density at radius 2 is 2.18 bits per heavy atom. The summed E-state index contributed by atoms with van der Waals surface area (Å²) in [5, 5.41) is 2.57. The third-order valence-corrected chi connectivity index (χ3v) is 5.93. The quantitative estimate of drug-likeness (QED) is 0.899. The lowest BCUT2D eigenvalue weighted by molar-refractivity contribution is -0.131. The van der Waals surface area contributed by atoms with Gasteiger partial charge in [-0.15, -0.1) is 0 Å². The summed E-state index contributed by atoms with van der Waals surface area (Å²) < 4.78 is 37.3. The molecule has 5 nitrogen and oxygen atoms in total. The molecule has 1 unspecified atom stereocenters. The highest BCUT2D eigenvalue weighted by Gasteiger charge is 2.31. The molecule has 122 valence electrons. The molecule has 0 aliphatic carbocycles. The van der Waals surface area contributed by atoms with Crippen molar-refractivity contribution in [1.29, 1.82) is 0 Å². The maximum absolute atomic E-state index is 13.4. The summed E-state index contributed by atoms with van der Waals surface area (Å²) in [5.74, 6) is -1.30. The molecule has 0 saturated carbocycles. The summed E-state index contributed by atoms with van der Waals surface area (Å²) in [5.41, 5.74) is 0.669. The summed E-state index contributed by atoms with van der Waals surface area (Å²) in [6.45, 7) is 4.61. The third kappa shape index (κ3) is 3.84. The van der Waals surface area contributed by atoms with Gasteiger partial charge in [-0.25, -0.2) is 12.8 Å². The summed E-state index contributed by atoms with van der Waals surface area (Å²) in [4.78, 5) is 13.9. The van der Waals surface area contributed by atoms with Crippen LogP contribution in [0, 0.1) is 5.82 Å². The third-order valence-electron chi connectivity index (χ3n) is 3.84. The summed E-state index contributed by atoms with van der Waals surface area (Å²) in [6.07, 6.45) is 0. The maximum Gasteiger partial charge on any atom is 0.238 e. The van der Waals surface area contributed by atoms with Crippen molar-refractivity contribution in [3.63, 3.8) is 0 Å². The zero-order valence-corrected chi connectivity index (χ0v) is 13.6. The van der Waals surface area contributed by atoms with Crippen LogP contribution >= 0.6 is 0 Å². The van der Waals surface area contributed by atoms with E-state index in [4.69, 9.17) is 0 Å². The number of amides is 1. The van der Waals surface area contributed by atoms with Crippen molar-refractivity contribution >= 4 is 15.7 Å². The molecule has 0 radical (unpaired) electrons. The Labute approximate surface area is 130 Å². The van der Waals surface area contributed by atoms with E-state index in [0.717, 1.165) is 0 Å². The maximum atomic E-state index is 13.4. The van der Waals surface area contributed by atoms with Crippen LogP contribution in [0.4, 0.5) is 4.39 Å². The van der Waals surface area contributed by atoms with Crippen LogP contribution in [0.5, 0.6) is 0 Å². The van der Waals surface area contributed by atoms with E-state index < -0.39 is 26.7 Å². The van der Waals surface area contributed by atoms with Gasteiger partial charge in [-0.1, -0.05) is 12.1 Å². The first kappa shape index (κ1) is 16.9. The van der Waals surface area contributed by atoms with E-state index >= 15 is 0 Å².